The van der Waals surface area contributed by atoms with Crippen molar-refractivity contribution in [3.8, 4) is 5.75 Å². The van der Waals surface area contributed by atoms with E-state index in [-0.39, 0.29) is 0 Å². The monoisotopic (exact) mass is 320 g/mol. The second kappa shape index (κ2) is 7.04. The Kier molecular flexibility index (Phi) is 5.11. The molecule has 116 valence electrons. The Hall–Kier alpha value is -2.41. The van der Waals surface area contributed by atoms with Crippen molar-refractivity contribution in [2.75, 3.05) is 0 Å². The molecule has 2 rings (SSSR count). The maximum Gasteiger partial charge on any atom is 0.325 e. The van der Waals surface area contributed by atoms with Crippen LogP contribution in [0.25, 0.3) is 0 Å². The molecule has 0 aliphatic rings. The van der Waals surface area contributed by atoms with Crippen molar-refractivity contribution in [2.45, 2.75) is 26.5 Å². The van der Waals surface area contributed by atoms with E-state index in [1.165, 1.54) is 6.92 Å². The van der Waals surface area contributed by atoms with Crippen LogP contribution in [0.1, 0.15) is 28.0 Å². The van der Waals surface area contributed by atoms with Crippen LogP contribution in [-0.2, 0) is 11.4 Å². The lowest BCUT2D eigenvalue weighted by Crippen LogP contribution is -2.38. The molecule has 7 heteroatoms. The summed E-state index contributed by atoms with van der Waals surface area (Å²) in [4.78, 5) is 27.0. The third-order valence-electron chi connectivity index (χ3n) is 2.87. The van der Waals surface area contributed by atoms with Gasteiger partial charge in [0.25, 0.3) is 5.91 Å². The minimum Gasteiger partial charge on any atom is -0.487 e. The Morgan fingerprint density at radius 2 is 2.23 bits per heavy atom. The van der Waals surface area contributed by atoms with Crippen molar-refractivity contribution < 1.29 is 19.4 Å². The van der Waals surface area contributed by atoms with Crippen molar-refractivity contribution in [3.63, 3.8) is 0 Å². The van der Waals surface area contributed by atoms with Crippen molar-refractivity contribution in [3.05, 3.63) is 45.9 Å². The normalized spacial score (nSPS) is 11.7. The predicted octanol–water partition coefficient (Wildman–Crippen LogP) is 2.23. The van der Waals surface area contributed by atoms with Gasteiger partial charge in [-0.2, -0.15) is 0 Å². The molecule has 0 bridgehead atoms. The molecular weight excluding hydrogens is 304 g/mol. The number of carboxylic acid groups (broad SMARTS) is 1. The number of aryl methyl sites for hydroxylation is 1. The lowest BCUT2D eigenvalue weighted by atomic mass is 10.2. The molecule has 1 atom stereocenters. The van der Waals surface area contributed by atoms with Crippen molar-refractivity contribution >= 4 is 23.2 Å². The molecule has 22 heavy (non-hydrogen) atoms. The standard InChI is InChI=1S/C15H16N2O4S/c1-9(15(19)20)16-14(18)11-4-3-5-13(6-11)21-7-12-8-22-10(2)17-12/h3-6,8-9H,7H2,1-2H3,(H,16,18)(H,19,20)/t9-/m0/s1. The molecular formula is C15H16N2O4S. The van der Waals surface area contributed by atoms with E-state index in [0.29, 0.717) is 17.9 Å². The Bertz CT molecular complexity index is 684. The fourth-order valence-corrected chi connectivity index (χ4v) is 2.30. The minimum absolute atomic E-state index is 0.320. The first-order chi connectivity index (χ1) is 10.5. The van der Waals surface area contributed by atoms with Gasteiger partial charge in [-0.15, -0.1) is 11.3 Å². The summed E-state index contributed by atoms with van der Waals surface area (Å²) in [7, 11) is 0. The van der Waals surface area contributed by atoms with E-state index in [9.17, 15) is 9.59 Å². The molecule has 0 saturated heterocycles. The molecule has 1 heterocycles. The molecule has 0 spiro atoms. The first kappa shape index (κ1) is 16.0. The molecule has 0 saturated carbocycles. The number of carbonyl (C=O) groups is 2. The maximum atomic E-state index is 11.9. The Balaban J connectivity index is 2.00. The van der Waals surface area contributed by atoms with Crippen LogP contribution in [0.15, 0.2) is 29.6 Å². The molecule has 0 fully saturated rings. The number of aliphatic carboxylic acids is 1. The van der Waals surface area contributed by atoms with Crippen molar-refractivity contribution in [1.82, 2.24) is 10.3 Å². The number of nitrogens with zero attached hydrogens (tertiary/aromatic N) is 1. The SMILES string of the molecule is Cc1nc(COc2cccc(C(=O)N[C@@H](C)C(=O)O)c2)cs1. The summed E-state index contributed by atoms with van der Waals surface area (Å²) >= 11 is 1.55. The van der Waals surface area contributed by atoms with E-state index < -0.39 is 17.9 Å². The molecule has 1 aromatic carbocycles. The number of benzene rings is 1. The van der Waals surface area contributed by atoms with Gasteiger partial charge in [0.05, 0.1) is 10.7 Å². The van der Waals surface area contributed by atoms with Gasteiger partial charge >= 0.3 is 5.97 Å². The fraction of sp³-hybridized carbons (Fsp3) is 0.267. The Labute approximate surface area is 131 Å². The average Bonchev–Trinajstić information content (AvgIpc) is 2.91. The third kappa shape index (κ3) is 4.29. The molecule has 0 unspecified atom stereocenters. The second-order valence-corrected chi connectivity index (χ2v) is 5.77. The van der Waals surface area contributed by atoms with Crippen LogP contribution >= 0.6 is 11.3 Å². The first-order valence-electron chi connectivity index (χ1n) is 6.63. The Morgan fingerprint density at radius 1 is 1.45 bits per heavy atom. The van der Waals surface area contributed by atoms with Gasteiger partial charge in [-0.3, -0.25) is 9.59 Å². The molecule has 2 aromatic rings. The summed E-state index contributed by atoms with van der Waals surface area (Å²) in [5.41, 5.74) is 1.18. The minimum atomic E-state index is -1.08. The van der Waals surface area contributed by atoms with Crippen molar-refractivity contribution in [1.29, 1.82) is 0 Å². The Morgan fingerprint density at radius 3 is 2.86 bits per heavy atom. The number of carboxylic acids is 1. The number of nitrogens with one attached hydrogen (secondary N) is 1. The zero-order valence-corrected chi connectivity index (χ0v) is 13.0. The summed E-state index contributed by atoms with van der Waals surface area (Å²) in [6.07, 6.45) is 0. The van der Waals surface area contributed by atoms with Gasteiger partial charge in [-0.05, 0) is 32.0 Å². The molecule has 1 aromatic heterocycles. The first-order valence-corrected chi connectivity index (χ1v) is 7.51. The van der Waals surface area contributed by atoms with E-state index in [1.807, 2.05) is 12.3 Å². The number of hydrogen-bond acceptors (Lipinski definition) is 5. The maximum absolute atomic E-state index is 11.9. The number of rotatable bonds is 6. The highest BCUT2D eigenvalue weighted by molar-refractivity contribution is 7.09. The second-order valence-electron chi connectivity index (χ2n) is 4.71. The number of carbonyl (C=O) groups excluding carboxylic acids is 1. The highest BCUT2D eigenvalue weighted by Gasteiger charge is 2.15. The van der Waals surface area contributed by atoms with Crippen LogP contribution in [0.4, 0.5) is 0 Å². The van der Waals surface area contributed by atoms with E-state index in [2.05, 4.69) is 10.3 Å². The number of thiazole rings is 1. The van der Waals surface area contributed by atoms with Gasteiger partial charge in [0.15, 0.2) is 0 Å². The van der Waals surface area contributed by atoms with Crippen LogP contribution in [0, 0.1) is 6.92 Å². The zero-order valence-electron chi connectivity index (χ0n) is 12.2. The van der Waals surface area contributed by atoms with Gasteiger partial charge < -0.3 is 15.2 Å². The topological polar surface area (TPSA) is 88.5 Å². The number of hydrogen-bond donors (Lipinski definition) is 2. The van der Waals surface area contributed by atoms with Gasteiger partial charge in [-0.1, -0.05) is 6.07 Å². The summed E-state index contributed by atoms with van der Waals surface area (Å²) in [5, 5.41) is 14.1. The molecule has 1 amide bonds. The largest absolute Gasteiger partial charge is 0.487 e. The highest BCUT2D eigenvalue weighted by atomic mass is 32.1. The lowest BCUT2D eigenvalue weighted by Gasteiger charge is -2.10. The van der Waals surface area contributed by atoms with Crippen LogP contribution in [0.3, 0.4) is 0 Å². The van der Waals surface area contributed by atoms with Gasteiger partial charge in [-0.25, -0.2) is 4.98 Å². The number of ether oxygens (including phenoxy) is 1. The predicted molar refractivity (Wildman–Crippen MR) is 82.2 cm³/mol. The lowest BCUT2D eigenvalue weighted by molar-refractivity contribution is -0.138. The van der Waals surface area contributed by atoms with Crippen molar-refractivity contribution in [2.24, 2.45) is 0 Å². The van der Waals surface area contributed by atoms with E-state index in [4.69, 9.17) is 9.84 Å². The van der Waals surface area contributed by atoms with Gasteiger partial charge in [0.1, 0.15) is 18.4 Å². The summed E-state index contributed by atoms with van der Waals surface area (Å²) < 4.78 is 5.60. The molecule has 0 radical (unpaired) electrons. The summed E-state index contributed by atoms with van der Waals surface area (Å²) in [6, 6.07) is 5.64. The van der Waals surface area contributed by atoms with Gasteiger partial charge in [0.2, 0.25) is 0 Å². The smallest absolute Gasteiger partial charge is 0.325 e. The molecule has 0 aliphatic heterocycles. The number of amides is 1. The zero-order chi connectivity index (χ0) is 16.1. The van der Waals surface area contributed by atoms with Crippen LogP contribution in [0.2, 0.25) is 0 Å². The van der Waals surface area contributed by atoms with Crippen LogP contribution in [-0.4, -0.2) is 28.0 Å². The summed E-state index contributed by atoms with van der Waals surface area (Å²) in [5.74, 6) is -1.01. The fourth-order valence-electron chi connectivity index (χ4n) is 1.70. The molecule has 6 nitrogen and oxygen atoms in total. The van der Waals surface area contributed by atoms with Crippen LogP contribution in [0.5, 0.6) is 5.75 Å². The molecule has 2 N–H and O–H groups in total. The van der Waals surface area contributed by atoms with Gasteiger partial charge in [0, 0.05) is 10.9 Å². The summed E-state index contributed by atoms with van der Waals surface area (Å²) in [6.45, 7) is 3.65. The average molecular weight is 320 g/mol. The van der Waals surface area contributed by atoms with E-state index >= 15 is 0 Å². The number of aromatic nitrogens is 1. The highest BCUT2D eigenvalue weighted by Crippen LogP contribution is 2.16. The quantitative estimate of drug-likeness (QED) is 0.852. The van der Waals surface area contributed by atoms with Crippen LogP contribution < -0.4 is 10.1 Å². The third-order valence-corrected chi connectivity index (χ3v) is 3.69. The van der Waals surface area contributed by atoms with E-state index in [1.54, 1.807) is 35.6 Å². The molecule has 0 aliphatic carbocycles. The van der Waals surface area contributed by atoms with E-state index in [0.717, 1.165) is 10.7 Å².